The van der Waals surface area contributed by atoms with Gasteiger partial charge in [0.25, 0.3) is 0 Å². The number of carbonyl (C=O) groups is 1. The third-order valence-electron chi connectivity index (χ3n) is 5.05. The first-order valence-electron chi connectivity index (χ1n) is 9.24. The minimum absolute atomic E-state index is 0.112. The van der Waals surface area contributed by atoms with Gasteiger partial charge in [0.2, 0.25) is 0 Å². The standard InChI is InChI=1S/C18H32N2O3/c1-5-22-14-10-13(19-17(21)23-18(2,3)4)16(14)20-15(11-6-7-11)12-8-9-12/h11-16,20H,5-10H2,1-4H3,(H,19,21). The minimum Gasteiger partial charge on any atom is -0.444 e. The average Bonchev–Trinajstić information content (AvgIpc) is 3.29. The Morgan fingerprint density at radius 1 is 1.17 bits per heavy atom. The van der Waals surface area contributed by atoms with Crippen molar-refractivity contribution >= 4 is 6.09 Å². The van der Waals surface area contributed by atoms with E-state index < -0.39 is 5.60 Å². The average molecular weight is 324 g/mol. The molecule has 2 N–H and O–H groups in total. The first kappa shape index (κ1) is 17.0. The maximum atomic E-state index is 12.0. The fourth-order valence-corrected chi connectivity index (χ4v) is 3.61. The first-order valence-corrected chi connectivity index (χ1v) is 9.24. The van der Waals surface area contributed by atoms with E-state index in [1.54, 1.807) is 0 Å². The molecular weight excluding hydrogens is 292 g/mol. The van der Waals surface area contributed by atoms with Crippen molar-refractivity contribution in [3.63, 3.8) is 0 Å². The van der Waals surface area contributed by atoms with Crippen molar-refractivity contribution in [1.29, 1.82) is 0 Å². The van der Waals surface area contributed by atoms with Gasteiger partial charge in [0.15, 0.2) is 0 Å². The Bertz CT molecular complexity index is 414. The molecule has 5 nitrogen and oxygen atoms in total. The van der Waals surface area contributed by atoms with Gasteiger partial charge >= 0.3 is 6.09 Å². The molecule has 3 saturated carbocycles. The van der Waals surface area contributed by atoms with E-state index in [9.17, 15) is 4.79 Å². The summed E-state index contributed by atoms with van der Waals surface area (Å²) >= 11 is 0. The highest BCUT2D eigenvalue weighted by molar-refractivity contribution is 5.68. The van der Waals surface area contributed by atoms with E-state index in [1.165, 1.54) is 25.7 Å². The predicted octanol–water partition coefficient (Wildman–Crippen LogP) is 2.84. The molecule has 0 aromatic heterocycles. The maximum absolute atomic E-state index is 12.0. The Hall–Kier alpha value is -0.810. The summed E-state index contributed by atoms with van der Waals surface area (Å²) in [5, 5.41) is 6.87. The second kappa shape index (κ2) is 6.60. The lowest BCUT2D eigenvalue weighted by atomic mass is 9.81. The smallest absolute Gasteiger partial charge is 0.407 e. The maximum Gasteiger partial charge on any atom is 0.407 e. The monoisotopic (exact) mass is 324 g/mol. The molecule has 5 heteroatoms. The van der Waals surface area contributed by atoms with E-state index in [4.69, 9.17) is 9.47 Å². The summed E-state index contributed by atoms with van der Waals surface area (Å²) in [6.07, 6.45) is 6.16. The lowest BCUT2D eigenvalue weighted by molar-refractivity contribution is -0.0482. The third kappa shape index (κ3) is 4.60. The number of ether oxygens (including phenoxy) is 2. The van der Waals surface area contributed by atoms with Crippen LogP contribution in [0.25, 0.3) is 0 Å². The van der Waals surface area contributed by atoms with Gasteiger partial charge in [0.1, 0.15) is 5.60 Å². The van der Waals surface area contributed by atoms with E-state index in [1.807, 2.05) is 27.7 Å². The molecule has 23 heavy (non-hydrogen) atoms. The van der Waals surface area contributed by atoms with Crippen molar-refractivity contribution in [3.8, 4) is 0 Å². The van der Waals surface area contributed by atoms with E-state index in [0.29, 0.717) is 6.04 Å². The Labute approximate surface area is 139 Å². The molecule has 3 atom stereocenters. The van der Waals surface area contributed by atoms with Crippen LogP contribution in [0.1, 0.15) is 59.8 Å². The van der Waals surface area contributed by atoms with Crippen molar-refractivity contribution in [2.45, 2.75) is 89.6 Å². The fraction of sp³-hybridized carbons (Fsp3) is 0.944. The summed E-state index contributed by atoms with van der Waals surface area (Å²) in [5.74, 6) is 1.68. The van der Waals surface area contributed by atoms with Gasteiger partial charge in [-0.3, -0.25) is 0 Å². The van der Waals surface area contributed by atoms with Crippen LogP contribution in [0.4, 0.5) is 4.79 Å². The molecule has 0 spiro atoms. The van der Waals surface area contributed by atoms with Gasteiger partial charge in [-0.1, -0.05) is 0 Å². The Morgan fingerprint density at radius 3 is 2.26 bits per heavy atom. The summed E-state index contributed by atoms with van der Waals surface area (Å²) in [6, 6.07) is 0.946. The second-order valence-corrected chi connectivity index (χ2v) is 8.38. The van der Waals surface area contributed by atoms with Crippen molar-refractivity contribution in [3.05, 3.63) is 0 Å². The lowest BCUT2D eigenvalue weighted by Crippen LogP contribution is -2.68. The van der Waals surface area contributed by atoms with Crippen molar-refractivity contribution in [2.75, 3.05) is 6.61 Å². The lowest BCUT2D eigenvalue weighted by Gasteiger charge is -2.46. The van der Waals surface area contributed by atoms with Crippen LogP contribution in [0.3, 0.4) is 0 Å². The highest BCUT2D eigenvalue weighted by atomic mass is 16.6. The molecule has 0 heterocycles. The molecule has 0 aliphatic heterocycles. The molecule has 132 valence electrons. The Kier molecular flexibility index (Phi) is 4.88. The number of hydrogen-bond acceptors (Lipinski definition) is 4. The topological polar surface area (TPSA) is 59.6 Å². The number of hydrogen-bond donors (Lipinski definition) is 2. The number of rotatable bonds is 7. The van der Waals surface area contributed by atoms with Crippen LogP contribution in [-0.4, -0.2) is 42.5 Å². The summed E-state index contributed by atoms with van der Waals surface area (Å²) in [7, 11) is 0. The van der Waals surface area contributed by atoms with E-state index in [-0.39, 0.29) is 24.3 Å². The Morgan fingerprint density at radius 2 is 1.78 bits per heavy atom. The van der Waals surface area contributed by atoms with E-state index in [2.05, 4.69) is 10.6 Å². The molecule has 3 unspecified atom stereocenters. The van der Waals surface area contributed by atoms with Gasteiger partial charge < -0.3 is 20.1 Å². The van der Waals surface area contributed by atoms with Crippen LogP contribution in [-0.2, 0) is 9.47 Å². The van der Waals surface area contributed by atoms with Gasteiger partial charge in [-0.15, -0.1) is 0 Å². The van der Waals surface area contributed by atoms with Gasteiger partial charge in [-0.25, -0.2) is 4.79 Å². The van der Waals surface area contributed by atoms with Gasteiger partial charge in [-0.05, 0) is 71.6 Å². The van der Waals surface area contributed by atoms with Crippen molar-refractivity contribution in [2.24, 2.45) is 11.8 Å². The molecule has 3 fully saturated rings. The number of amides is 1. The normalized spacial score (nSPS) is 30.9. The molecule has 0 saturated heterocycles. The molecule has 3 rings (SSSR count). The summed E-state index contributed by atoms with van der Waals surface area (Å²) in [5.41, 5.74) is -0.458. The largest absolute Gasteiger partial charge is 0.444 e. The zero-order valence-electron chi connectivity index (χ0n) is 14.9. The van der Waals surface area contributed by atoms with E-state index >= 15 is 0 Å². The van der Waals surface area contributed by atoms with Crippen molar-refractivity contribution in [1.82, 2.24) is 10.6 Å². The van der Waals surface area contributed by atoms with Gasteiger partial charge in [0.05, 0.1) is 18.2 Å². The predicted molar refractivity (Wildman–Crippen MR) is 89.3 cm³/mol. The first-order chi connectivity index (χ1) is 10.9. The van der Waals surface area contributed by atoms with Crippen LogP contribution in [0.2, 0.25) is 0 Å². The molecule has 3 aliphatic rings. The van der Waals surface area contributed by atoms with Crippen LogP contribution < -0.4 is 10.6 Å². The highest BCUT2D eigenvalue weighted by Gasteiger charge is 2.49. The quantitative estimate of drug-likeness (QED) is 0.756. The van der Waals surface area contributed by atoms with Crippen molar-refractivity contribution < 1.29 is 14.3 Å². The van der Waals surface area contributed by atoms with Crippen LogP contribution in [0.5, 0.6) is 0 Å². The van der Waals surface area contributed by atoms with Crippen LogP contribution >= 0.6 is 0 Å². The number of carbonyl (C=O) groups excluding carboxylic acids is 1. The van der Waals surface area contributed by atoms with Gasteiger partial charge in [0, 0.05) is 12.6 Å². The molecule has 0 bridgehead atoms. The summed E-state index contributed by atoms with van der Waals surface area (Å²) in [6.45, 7) is 8.43. The highest BCUT2D eigenvalue weighted by Crippen LogP contribution is 2.45. The summed E-state index contributed by atoms with van der Waals surface area (Å²) < 4.78 is 11.2. The second-order valence-electron chi connectivity index (χ2n) is 8.38. The minimum atomic E-state index is -0.458. The van der Waals surface area contributed by atoms with Gasteiger partial charge in [-0.2, -0.15) is 0 Å². The third-order valence-corrected chi connectivity index (χ3v) is 5.05. The molecular formula is C18H32N2O3. The molecule has 3 aliphatic carbocycles. The molecule has 0 aromatic carbocycles. The SMILES string of the molecule is CCOC1CC(NC(=O)OC(C)(C)C)C1NC(C1CC1)C1CC1. The zero-order chi connectivity index (χ0) is 16.6. The number of nitrogens with one attached hydrogen (secondary N) is 2. The van der Waals surface area contributed by atoms with Crippen LogP contribution in [0, 0.1) is 11.8 Å². The summed E-state index contributed by atoms with van der Waals surface area (Å²) in [4.78, 5) is 12.0. The van der Waals surface area contributed by atoms with E-state index in [0.717, 1.165) is 24.9 Å². The molecule has 0 aromatic rings. The van der Waals surface area contributed by atoms with Crippen LogP contribution in [0.15, 0.2) is 0 Å². The molecule has 0 radical (unpaired) electrons. The molecule has 1 amide bonds. The fourth-order valence-electron chi connectivity index (χ4n) is 3.61. The zero-order valence-corrected chi connectivity index (χ0v) is 14.9. The Balaban J connectivity index is 1.55. The number of alkyl carbamates (subject to hydrolysis) is 1.